The molecule has 190 valence electrons. The van der Waals surface area contributed by atoms with Gasteiger partial charge in [0.2, 0.25) is 5.78 Å². The van der Waals surface area contributed by atoms with Crippen LogP contribution in [0.4, 0.5) is 0 Å². The normalized spacial score (nSPS) is 33.3. The Bertz CT molecular complexity index is 1260. The van der Waals surface area contributed by atoms with Gasteiger partial charge in [0.05, 0.1) is 11.6 Å². The summed E-state index contributed by atoms with van der Waals surface area (Å²) < 4.78 is 0. The lowest BCUT2D eigenvalue weighted by molar-refractivity contribution is -0.156. The summed E-state index contributed by atoms with van der Waals surface area (Å²) in [4.78, 5) is 44.0. The summed E-state index contributed by atoms with van der Waals surface area (Å²) in [5, 5.41) is 44.2. The Hall–Kier alpha value is -3.21. The first-order chi connectivity index (χ1) is 17.1. The number of hydrogen-bond donors (Lipinski definition) is 5. The fourth-order valence-corrected chi connectivity index (χ4v) is 6.83. The van der Waals surface area contributed by atoms with Crippen LogP contribution >= 0.6 is 0 Å². The van der Waals surface area contributed by atoms with Gasteiger partial charge in [-0.05, 0) is 43.2 Å². The lowest BCUT2D eigenvalue weighted by Crippen LogP contribution is -2.68. The minimum absolute atomic E-state index is 0.109. The summed E-state index contributed by atoms with van der Waals surface area (Å²) in [5.74, 6) is -6.17. The number of hydrogen-bond acceptors (Lipinski definition) is 9. The van der Waals surface area contributed by atoms with Gasteiger partial charge in [-0.2, -0.15) is 0 Å². The van der Waals surface area contributed by atoms with Crippen LogP contribution in [-0.2, 0) is 20.8 Å². The topological polar surface area (TPSA) is 165 Å². The first kappa shape index (κ1) is 23.2. The van der Waals surface area contributed by atoms with Gasteiger partial charge < -0.3 is 26.2 Å². The number of phenolic OH excluding ortho intramolecular Hbond substituents is 1. The molecule has 2 saturated carbocycles. The van der Waals surface area contributed by atoms with Crippen LogP contribution in [0.1, 0.15) is 30.4 Å². The fourth-order valence-electron chi connectivity index (χ4n) is 6.83. The van der Waals surface area contributed by atoms with Crippen LogP contribution < -0.4 is 5.73 Å². The molecule has 4 aliphatic carbocycles. The predicted molar refractivity (Wildman–Crippen MR) is 127 cm³/mol. The molecule has 6 rings (SSSR count). The molecular weight excluding hydrogens is 466 g/mol. The third kappa shape index (κ3) is 3.11. The van der Waals surface area contributed by atoms with Crippen molar-refractivity contribution in [1.82, 2.24) is 9.80 Å². The van der Waals surface area contributed by atoms with Gasteiger partial charge in [-0.25, -0.2) is 0 Å². The molecule has 0 aromatic heterocycles. The largest absolute Gasteiger partial charge is 0.508 e. The van der Waals surface area contributed by atoms with Crippen LogP contribution in [0.25, 0.3) is 5.76 Å². The van der Waals surface area contributed by atoms with Crippen LogP contribution in [-0.4, -0.2) is 91.6 Å². The van der Waals surface area contributed by atoms with Gasteiger partial charge in [0.1, 0.15) is 22.8 Å². The fraction of sp³-hybridized carbons (Fsp3) is 0.500. The van der Waals surface area contributed by atoms with Gasteiger partial charge in [0.15, 0.2) is 11.4 Å². The van der Waals surface area contributed by atoms with E-state index in [4.69, 9.17) is 5.73 Å². The number of benzene rings is 1. The van der Waals surface area contributed by atoms with Gasteiger partial charge in [0.25, 0.3) is 5.91 Å². The minimum Gasteiger partial charge on any atom is -0.508 e. The van der Waals surface area contributed by atoms with Crippen molar-refractivity contribution in [2.75, 3.05) is 26.2 Å². The maximum Gasteiger partial charge on any atom is 0.255 e. The van der Waals surface area contributed by atoms with Crippen molar-refractivity contribution in [3.05, 3.63) is 46.2 Å². The maximum atomic E-state index is 13.9. The van der Waals surface area contributed by atoms with Gasteiger partial charge in [-0.3, -0.25) is 24.2 Å². The number of nitrogens with two attached hydrogens (primary N) is 1. The maximum absolute atomic E-state index is 13.9. The van der Waals surface area contributed by atoms with Crippen molar-refractivity contribution in [3.63, 3.8) is 0 Å². The lowest BCUT2D eigenvalue weighted by atomic mass is 9.57. The summed E-state index contributed by atoms with van der Waals surface area (Å²) in [5.41, 5.74) is 2.72. The zero-order chi connectivity index (χ0) is 25.5. The molecule has 1 aromatic rings. The smallest absolute Gasteiger partial charge is 0.255 e. The average molecular weight is 496 g/mol. The number of Topliss-reactive ketones (excluding diaryl/α,β-unsaturated/α-hetero) is 2. The van der Waals surface area contributed by atoms with E-state index < -0.39 is 58.0 Å². The highest BCUT2D eigenvalue weighted by atomic mass is 16.3. The van der Waals surface area contributed by atoms with Crippen LogP contribution in [0.15, 0.2) is 35.1 Å². The Morgan fingerprint density at radius 3 is 2.33 bits per heavy atom. The van der Waals surface area contributed by atoms with Crippen LogP contribution in [0.3, 0.4) is 0 Å². The summed E-state index contributed by atoms with van der Waals surface area (Å²) in [7, 11) is 0. The number of aromatic hydroxyl groups is 1. The summed E-state index contributed by atoms with van der Waals surface area (Å²) >= 11 is 0. The minimum atomic E-state index is -2.60. The van der Waals surface area contributed by atoms with Crippen molar-refractivity contribution >= 4 is 23.2 Å². The molecule has 1 amide bonds. The second-order valence-corrected chi connectivity index (χ2v) is 10.6. The summed E-state index contributed by atoms with van der Waals surface area (Å²) in [6.07, 6.45) is 2.73. The third-order valence-electron chi connectivity index (χ3n) is 8.71. The number of rotatable bonds is 3. The van der Waals surface area contributed by atoms with Crippen LogP contribution in [0, 0.1) is 11.8 Å². The monoisotopic (exact) mass is 495 g/mol. The predicted octanol–water partition coefficient (Wildman–Crippen LogP) is 0.182. The number of aliphatic hydroxyl groups is 3. The van der Waals surface area contributed by atoms with E-state index in [9.17, 15) is 34.8 Å². The van der Waals surface area contributed by atoms with E-state index in [-0.39, 0.29) is 23.3 Å². The van der Waals surface area contributed by atoms with Gasteiger partial charge in [-0.15, -0.1) is 0 Å². The number of carbonyl (C=O) groups is 3. The van der Waals surface area contributed by atoms with E-state index in [2.05, 4.69) is 4.90 Å². The van der Waals surface area contributed by atoms with Crippen molar-refractivity contribution in [1.29, 1.82) is 0 Å². The highest BCUT2D eigenvalue weighted by molar-refractivity contribution is 6.24. The number of piperazine rings is 1. The molecule has 1 aliphatic heterocycles. The highest BCUT2D eigenvalue weighted by Crippen LogP contribution is 2.52. The van der Waals surface area contributed by atoms with Gasteiger partial charge in [-0.1, -0.05) is 12.1 Å². The molecule has 4 atom stereocenters. The zero-order valence-corrected chi connectivity index (χ0v) is 19.7. The number of phenols is 1. The average Bonchev–Trinajstić information content (AvgIpc) is 3.67. The first-order valence-corrected chi connectivity index (χ1v) is 12.4. The number of fused-ring (bicyclic) bond motifs is 3. The highest BCUT2D eigenvalue weighted by Gasteiger charge is 2.64. The Kier molecular flexibility index (Phi) is 5.09. The number of aliphatic hydroxyl groups excluding tert-OH is 2. The SMILES string of the molecule is NC(=O)C1=C(O)C2(O)C(=O)C3=C(O)c4c(O)cccc4CC3CC2C(N2CCN(C3CC3)CC2)C1=O. The summed E-state index contributed by atoms with van der Waals surface area (Å²) in [6.45, 7) is 2.46. The lowest BCUT2D eigenvalue weighted by Gasteiger charge is -2.52. The number of ketones is 2. The number of amides is 1. The van der Waals surface area contributed by atoms with E-state index in [1.54, 1.807) is 12.1 Å². The number of primary amides is 1. The molecule has 10 heteroatoms. The van der Waals surface area contributed by atoms with E-state index in [0.29, 0.717) is 31.1 Å². The second kappa shape index (κ2) is 7.89. The molecule has 5 aliphatic rings. The summed E-state index contributed by atoms with van der Waals surface area (Å²) in [6, 6.07) is 4.32. The first-order valence-electron chi connectivity index (χ1n) is 12.4. The molecule has 1 heterocycles. The quantitative estimate of drug-likeness (QED) is 0.368. The molecule has 3 fully saturated rings. The van der Waals surface area contributed by atoms with E-state index >= 15 is 0 Å². The molecule has 1 saturated heterocycles. The van der Waals surface area contributed by atoms with Crippen molar-refractivity contribution in [2.45, 2.75) is 43.4 Å². The van der Waals surface area contributed by atoms with Gasteiger partial charge in [0, 0.05) is 43.7 Å². The molecule has 10 nitrogen and oxygen atoms in total. The van der Waals surface area contributed by atoms with Crippen LogP contribution in [0.5, 0.6) is 5.75 Å². The van der Waals surface area contributed by atoms with Crippen molar-refractivity contribution in [2.24, 2.45) is 17.6 Å². The number of nitrogens with zero attached hydrogens (tertiary/aromatic N) is 2. The molecular formula is C26H29N3O7. The molecule has 0 radical (unpaired) electrons. The Balaban J connectivity index is 1.46. The third-order valence-corrected chi connectivity index (χ3v) is 8.71. The Morgan fingerprint density at radius 1 is 1.03 bits per heavy atom. The van der Waals surface area contributed by atoms with E-state index in [0.717, 1.165) is 25.9 Å². The van der Waals surface area contributed by atoms with Crippen molar-refractivity contribution in [3.8, 4) is 5.75 Å². The molecule has 36 heavy (non-hydrogen) atoms. The van der Waals surface area contributed by atoms with Crippen LogP contribution in [0.2, 0.25) is 0 Å². The second-order valence-electron chi connectivity index (χ2n) is 10.6. The standard InChI is InChI=1S/C26H29N3O7/c27-25(35)19-22(32)20(29-8-6-28(7-9-29)14-4-5-14)15-11-13-10-12-2-1-3-16(30)17(12)21(31)18(13)23(33)26(15,36)24(19)34/h1-3,13-15,20,30-31,34,36H,4-11H2,(H2,27,35). The van der Waals surface area contributed by atoms with E-state index in [1.807, 2.05) is 4.90 Å². The molecule has 4 unspecified atom stereocenters. The molecule has 1 aromatic carbocycles. The molecule has 0 spiro atoms. The van der Waals surface area contributed by atoms with E-state index in [1.165, 1.54) is 6.07 Å². The molecule has 0 bridgehead atoms. The van der Waals surface area contributed by atoms with Crippen molar-refractivity contribution < 1.29 is 34.8 Å². The molecule has 6 N–H and O–H groups in total. The number of carbonyl (C=O) groups excluding carboxylic acids is 3. The Morgan fingerprint density at radius 2 is 1.69 bits per heavy atom. The Labute approximate surface area is 207 Å². The zero-order valence-electron chi connectivity index (χ0n) is 19.7. The van der Waals surface area contributed by atoms with Gasteiger partial charge >= 0.3 is 0 Å².